The van der Waals surface area contributed by atoms with Crippen LogP contribution < -0.4 is 10.1 Å². The summed E-state index contributed by atoms with van der Waals surface area (Å²) in [6.07, 6.45) is 1.58. The van der Waals surface area contributed by atoms with Crippen LogP contribution in [0, 0.1) is 0 Å². The predicted octanol–water partition coefficient (Wildman–Crippen LogP) is 1.95. The number of methoxy groups -OCH3 is 1. The number of nitrogens with one attached hydrogen (secondary N) is 1. The van der Waals surface area contributed by atoms with E-state index in [0.717, 1.165) is 5.69 Å². The van der Waals surface area contributed by atoms with Gasteiger partial charge in [0, 0.05) is 5.54 Å². The van der Waals surface area contributed by atoms with Gasteiger partial charge in [0.15, 0.2) is 12.4 Å². The molecule has 1 N–H and O–H groups in total. The number of rotatable bonds is 5. The summed E-state index contributed by atoms with van der Waals surface area (Å²) >= 11 is 0. The van der Waals surface area contributed by atoms with Crippen molar-refractivity contribution >= 4 is 11.9 Å². The highest BCUT2D eigenvalue weighted by atomic mass is 16.5. The van der Waals surface area contributed by atoms with Gasteiger partial charge in [-0.25, -0.2) is 9.48 Å². The van der Waals surface area contributed by atoms with Gasteiger partial charge in [-0.3, -0.25) is 4.79 Å². The lowest BCUT2D eigenvalue weighted by Crippen LogP contribution is -2.42. The van der Waals surface area contributed by atoms with Crippen molar-refractivity contribution in [3.8, 4) is 11.4 Å². The van der Waals surface area contributed by atoms with Crippen LogP contribution >= 0.6 is 0 Å². The quantitative estimate of drug-likeness (QED) is 0.847. The summed E-state index contributed by atoms with van der Waals surface area (Å²) in [5.41, 5.74) is 0.404. The zero-order valence-electron chi connectivity index (χ0n) is 14.2. The SMILES string of the molecule is COc1cn(-c2ccccc2)nc1C(=O)OCC(=O)NC(C)(C)C. The normalized spacial score (nSPS) is 11.0. The second-order valence-electron chi connectivity index (χ2n) is 6.20. The fraction of sp³-hybridized carbons (Fsp3) is 0.353. The second kappa shape index (κ2) is 7.16. The smallest absolute Gasteiger partial charge is 0.363 e. The van der Waals surface area contributed by atoms with Crippen molar-refractivity contribution in [3.63, 3.8) is 0 Å². The van der Waals surface area contributed by atoms with Crippen molar-refractivity contribution in [2.75, 3.05) is 13.7 Å². The molecule has 128 valence electrons. The summed E-state index contributed by atoms with van der Waals surface area (Å²) in [7, 11) is 1.44. The summed E-state index contributed by atoms with van der Waals surface area (Å²) in [5, 5.41) is 6.90. The van der Waals surface area contributed by atoms with Gasteiger partial charge in [0.1, 0.15) is 0 Å². The van der Waals surface area contributed by atoms with Gasteiger partial charge in [0.05, 0.1) is 19.0 Å². The van der Waals surface area contributed by atoms with E-state index in [4.69, 9.17) is 9.47 Å². The number of amides is 1. The van der Waals surface area contributed by atoms with Crippen LogP contribution in [-0.2, 0) is 9.53 Å². The Hall–Kier alpha value is -2.83. The average Bonchev–Trinajstić information content (AvgIpc) is 2.96. The minimum atomic E-state index is -0.717. The van der Waals surface area contributed by atoms with Gasteiger partial charge in [0.2, 0.25) is 5.69 Å². The molecule has 24 heavy (non-hydrogen) atoms. The summed E-state index contributed by atoms with van der Waals surface area (Å²) < 4.78 is 11.7. The second-order valence-corrected chi connectivity index (χ2v) is 6.20. The lowest BCUT2D eigenvalue weighted by Gasteiger charge is -2.20. The third-order valence-corrected chi connectivity index (χ3v) is 2.96. The number of hydrogen-bond acceptors (Lipinski definition) is 5. The molecule has 1 heterocycles. The van der Waals surface area contributed by atoms with Crippen LogP contribution in [0.3, 0.4) is 0 Å². The molecule has 2 aromatic rings. The maximum absolute atomic E-state index is 12.2. The number of benzene rings is 1. The number of carbonyl (C=O) groups is 2. The minimum absolute atomic E-state index is 0.0184. The Morgan fingerprint density at radius 3 is 2.46 bits per heavy atom. The van der Waals surface area contributed by atoms with Crippen molar-refractivity contribution in [1.29, 1.82) is 0 Å². The highest BCUT2D eigenvalue weighted by Crippen LogP contribution is 2.20. The number of carbonyl (C=O) groups excluding carboxylic acids is 2. The van der Waals surface area contributed by atoms with E-state index in [0.29, 0.717) is 0 Å². The van der Waals surface area contributed by atoms with Crippen molar-refractivity contribution < 1.29 is 19.1 Å². The molecule has 0 unspecified atom stereocenters. The summed E-state index contributed by atoms with van der Waals surface area (Å²) in [6, 6.07) is 9.29. The molecular weight excluding hydrogens is 310 g/mol. The van der Waals surface area contributed by atoms with E-state index in [1.165, 1.54) is 11.8 Å². The fourth-order valence-electron chi connectivity index (χ4n) is 2.02. The zero-order valence-corrected chi connectivity index (χ0v) is 14.2. The van der Waals surface area contributed by atoms with Gasteiger partial charge in [-0.1, -0.05) is 18.2 Å². The molecule has 2 rings (SSSR count). The summed E-state index contributed by atoms with van der Waals surface area (Å²) in [6.45, 7) is 5.16. The van der Waals surface area contributed by atoms with Crippen LogP contribution in [0.2, 0.25) is 0 Å². The van der Waals surface area contributed by atoms with Crippen LogP contribution in [0.4, 0.5) is 0 Å². The van der Waals surface area contributed by atoms with Gasteiger partial charge in [-0.05, 0) is 32.9 Å². The highest BCUT2D eigenvalue weighted by molar-refractivity contribution is 5.92. The van der Waals surface area contributed by atoms with Crippen LogP contribution in [0.1, 0.15) is 31.3 Å². The van der Waals surface area contributed by atoms with E-state index in [2.05, 4.69) is 10.4 Å². The van der Waals surface area contributed by atoms with Gasteiger partial charge in [-0.15, -0.1) is 0 Å². The third kappa shape index (κ3) is 4.58. The lowest BCUT2D eigenvalue weighted by molar-refractivity contribution is -0.125. The van der Waals surface area contributed by atoms with E-state index >= 15 is 0 Å². The van der Waals surface area contributed by atoms with Crippen molar-refractivity contribution in [1.82, 2.24) is 15.1 Å². The number of para-hydroxylation sites is 1. The molecule has 7 nitrogen and oxygen atoms in total. The minimum Gasteiger partial charge on any atom is -0.493 e. The molecule has 0 saturated heterocycles. The molecule has 1 amide bonds. The predicted molar refractivity (Wildman–Crippen MR) is 88.3 cm³/mol. The Labute approximate surface area is 140 Å². The molecule has 0 fully saturated rings. The largest absolute Gasteiger partial charge is 0.493 e. The number of ether oxygens (including phenoxy) is 2. The first-order valence-electron chi connectivity index (χ1n) is 7.47. The van der Waals surface area contributed by atoms with Gasteiger partial charge in [-0.2, -0.15) is 5.10 Å². The Balaban J connectivity index is 2.09. The van der Waals surface area contributed by atoms with Crippen molar-refractivity contribution in [2.24, 2.45) is 0 Å². The van der Waals surface area contributed by atoms with Crippen LogP contribution in [0.5, 0.6) is 5.75 Å². The summed E-state index contributed by atoms with van der Waals surface area (Å²) in [5.74, 6) is -0.817. The molecule has 0 spiro atoms. The fourth-order valence-corrected chi connectivity index (χ4v) is 2.02. The first-order valence-corrected chi connectivity index (χ1v) is 7.47. The molecule has 0 bridgehead atoms. The van der Waals surface area contributed by atoms with E-state index < -0.39 is 11.5 Å². The standard InChI is InChI=1S/C17H21N3O4/c1-17(2,3)18-14(21)11-24-16(22)15-13(23-4)10-20(19-15)12-8-6-5-7-9-12/h5-10H,11H2,1-4H3,(H,18,21). The summed E-state index contributed by atoms with van der Waals surface area (Å²) in [4.78, 5) is 23.9. The number of aromatic nitrogens is 2. The first kappa shape index (κ1) is 17.5. The monoisotopic (exact) mass is 331 g/mol. The number of hydrogen-bond donors (Lipinski definition) is 1. The topological polar surface area (TPSA) is 82.5 Å². The Morgan fingerprint density at radius 1 is 1.21 bits per heavy atom. The zero-order chi connectivity index (χ0) is 17.7. The lowest BCUT2D eigenvalue weighted by atomic mass is 10.1. The Bertz CT molecular complexity index is 717. The van der Waals surface area contributed by atoms with Crippen molar-refractivity contribution in [3.05, 3.63) is 42.2 Å². The molecule has 0 aliphatic rings. The molecule has 7 heteroatoms. The van der Waals surface area contributed by atoms with Gasteiger partial charge < -0.3 is 14.8 Å². The third-order valence-electron chi connectivity index (χ3n) is 2.96. The van der Waals surface area contributed by atoms with Gasteiger partial charge >= 0.3 is 5.97 Å². The Kier molecular flexibility index (Phi) is 5.23. The number of nitrogens with zero attached hydrogens (tertiary/aromatic N) is 2. The highest BCUT2D eigenvalue weighted by Gasteiger charge is 2.22. The van der Waals surface area contributed by atoms with E-state index in [1.54, 1.807) is 6.20 Å². The first-order chi connectivity index (χ1) is 11.3. The molecule has 0 atom stereocenters. The van der Waals surface area contributed by atoms with Gasteiger partial charge in [0.25, 0.3) is 5.91 Å². The Morgan fingerprint density at radius 2 is 1.88 bits per heavy atom. The van der Waals surface area contributed by atoms with Crippen LogP contribution in [-0.4, -0.2) is 40.9 Å². The van der Waals surface area contributed by atoms with Crippen molar-refractivity contribution in [2.45, 2.75) is 26.3 Å². The molecule has 1 aromatic heterocycles. The molecule has 0 aliphatic carbocycles. The molecule has 0 aliphatic heterocycles. The van der Waals surface area contributed by atoms with E-state index in [-0.39, 0.29) is 24.0 Å². The van der Waals surface area contributed by atoms with E-state index in [1.807, 2.05) is 51.1 Å². The van der Waals surface area contributed by atoms with E-state index in [9.17, 15) is 9.59 Å². The maximum atomic E-state index is 12.2. The molecule has 0 radical (unpaired) electrons. The maximum Gasteiger partial charge on any atom is 0.363 e. The molecule has 1 aromatic carbocycles. The van der Waals surface area contributed by atoms with Crippen LogP contribution in [0.25, 0.3) is 5.69 Å². The molecule has 0 saturated carbocycles. The average molecular weight is 331 g/mol. The number of esters is 1. The van der Waals surface area contributed by atoms with Crippen LogP contribution in [0.15, 0.2) is 36.5 Å². The molecular formula is C17H21N3O4.